The number of piperidine rings is 2. The lowest BCUT2D eigenvalue weighted by Gasteiger charge is -2.58. The molecule has 4 rings (SSSR count). The van der Waals surface area contributed by atoms with Crippen molar-refractivity contribution in [2.45, 2.75) is 59.2 Å². The van der Waals surface area contributed by atoms with Gasteiger partial charge < -0.3 is 0 Å². The first-order valence-corrected chi connectivity index (χ1v) is 8.79. The maximum atomic E-state index is 12.1. The maximum absolute atomic E-state index is 12.1. The molecule has 2 nitrogen and oxygen atoms in total. The summed E-state index contributed by atoms with van der Waals surface area (Å²) in [5.74, 6) is 2.81. The lowest BCUT2D eigenvalue weighted by molar-refractivity contribution is -0.139. The van der Waals surface area contributed by atoms with Crippen molar-refractivity contribution in [1.29, 1.82) is 0 Å². The van der Waals surface area contributed by atoms with Crippen molar-refractivity contribution < 1.29 is 4.79 Å². The van der Waals surface area contributed by atoms with E-state index in [-0.39, 0.29) is 5.92 Å². The summed E-state index contributed by atoms with van der Waals surface area (Å²) >= 11 is 0. The topological polar surface area (TPSA) is 20.3 Å². The Morgan fingerprint density at radius 2 is 1.91 bits per heavy atom. The van der Waals surface area contributed by atoms with Crippen LogP contribution in [0.1, 0.15) is 46.1 Å². The van der Waals surface area contributed by atoms with E-state index in [0.29, 0.717) is 23.8 Å². The lowest BCUT2D eigenvalue weighted by atomic mass is 9.60. The van der Waals surface area contributed by atoms with E-state index < -0.39 is 0 Å². The molecule has 3 aliphatic rings. The third kappa shape index (κ3) is 2.74. The largest absolute Gasteiger partial charge is 0.300 e. The summed E-state index contributed by atoms with van der Waals surface area (Å²) < 4.78 is 0. The van der Waals surface area contributed by atoms with E-state index in [1.165, 1.54) is 12.0 Å². The van der Waals surface area contributed by atoms with E-state index in [1.54, 1.807) is 6.92 Å². The Morgan fingerprint density at radius 3 is 2.50 bits per heavy atom. The molecule has 120 valence electrons. The highest BCUT2D eigenvalue weighted by Crippen LogP contribution is 2.49. The Bertz CT molecular complexity index is 524. The van der Waals surface area contributed by atoms with Gasteiger partial charge in [-0.05, 0) is 50.0 Å². The molecule has 1 aromatic rings. The summed E-state index contributed by atoms with van der Waals surface area (Å²) in [5.41, 5.74) is 1.37. The second kappa shape index (κ2) is 6.16. The van der Waals surface area contributed by atoms with Crippen molar-refractivity contribution in [3.63, 3.8) is 0 Å². The Kier molecular flexibility index (Phi) is 4.40. The van der Waals surface area contributed by atoms with Gasteiger partial charge in [0.25, 0.3) is 0 Å². The molecule has 2 aliphatic heterocycles. The average Bonchev–Trinajstić information content (AvgIpc) is 2.50. The molecule has 1 saturated carbocycles. The molecule has 1 aromatic carbocycles. The van der Waals surface area contributed by atoms with Crippen LogP contribution in [0.5, 0.6) is 0 Å². The van der Waals surface area contributed by atoms with Crippen LogP contribution in [0.2, 0.25) is 0 Å². The fourth-order valence-corrected chi connectivity index (χ4v) is 4.97. The second-order valence-electron chi connectivity index (χ2n) is 7.73. The van der Waals surface area contributed by atoms with E-state index in [4.69, 9.17) is 0 Å². The van der Waals surface area contributed by atoms with Crippen molar-refractivity contribution in [3.8, 4) is 0 Å². The van der Waals surface area contributed by atoms with Gasteiger partial charge in [0.2, 0.25) is 0 Å². The maximum Gasteiger partial charge on any atom is 0.134 e. The van der Waals surface area contributed by atoms with Gasteiger partial charge in [-0.1, -0.05) is 44.2 Å². The number of benzene rings is 1. The second-order valence-corrected chi connectivity index (χ2v) is 7.73. The number of ketones is 1. The van der Waals surface area contributed by atoms with Crippen molar-refractivity contribution in [2.24, 2.45) is 23.7 Å². The molecule has 1 aliphatic carbocycles. The minimum Gasteiger partial charge on any atom is -0.300 e. The van der Waals surface area contributed by atoms with Crippen LogP contribution < -0.4 is 0 Å². The average molecular weight is 299 g/mol. The quantitative estimate of drug-likeness (QED) is 0.832. The molecule has 2 bridgehead atoms. The Hall–Kier alpha value is -1.15. The van der Waals surface area contributed by atoms with Crippen LogP contribution in [0, 0.1) is 23.7 Å². The Morgan fingerprint density at radius 1 is 1.23 bits per heavy atom. The van der Waals surface area contributed by atoms with Gasteiger partial charge in [-0.15, -0.1) is 0 Å². The summed E-state index contributed by atoms with van der Waals surface area (Å²) in [6.45, 7) is 9.86. The van der Waals surface area contributed by atoms with E-state index in [0.717, 1.165) is 24.8 Å². The monoisotopic (exact) mass is 299 g/mol. The van der Waals surface area contributed by atoms with Crippen LogP contribution in [0.4, 0.5) is 0 Å². The van der Waals surface area contributed by atoms with Gasteiger partial charge in [-0.3, -0.25) is 9.69 Å². The summed E-state index contributed by atoms with van der Waals surface area (Å²) in [4.78, 5) is 14.8. The summed E-state index contributed by atoms with van der Waals surface area (Å²) in [7, 11) is 0. The van der Waals surface area contributed by atoms with Crippen molar-refractivity contribution in [3.05, 3.63) is 35.9 Å². The standard InChI is InChI=1S/C20H29NO/c1-13(2)17-11-20-19(15(4)22)10-18(17)14(3)21(20)12-16-8-6-5-7-9-16/h5-9,13-14,17-20H,10-12H2,1-4H3. The van der Waals surface area contributed by atoms with Gasteiger partial charge in [0.1, 0.15) is 5.78 Å². The lowest BCUT2D eigenvalue weighted by Crippen LogP contribution is -2.62. The van der Waals surface area contributed by atoms with Crippen LogP contribution >= 0.6 is 0 Å². The summed E-state index contributed by atoms with van der Waals surface area (Å²) in [6.07, 6.45) is 2.30. The van der Waals surface area contributed by atoms with E-state index in [1.807, 2.05) is 0 Å². The number of rotatable bonds is 4. The van der Waals surface area contributed by atoms with Crippen LogP contribution in [-0.4, -0.2) is 22.8 Å². The van der Waals surface area contributed by atoms with Crippen molar-refractivity contribution in [2.75, 3.05) is 0 Å². The van der Waals surface area contributed by atoms with E-state index >= 15 is 0 Å². The zero-order valence-corrected chi connectivity index (χ0v) is 14.3. The zero-order valence-electron chi connectivity index (χ0n) is 14.3. The van der Waals surface area contributed by atoms with Crippen LogP contribution in [-0.2, 0) is 11.3 Å². The molecule has 0 aromatic heterocycles. The van der Waals surface area contributed by atoms with Gasteiger partial charge >= 0.3 is 0 Å². The summed E-state index contributed by atoms with van der Waals surface area (Å²) in [6, 6.07) is 11.7. The smallest absolute Gasteiger partial charge is 0.134 e. The molecule has 0 spiro atoms. The Balaban J connectivity index is 1.86. The van der Waals surface area contributed by atoms with Gasteiger partial charge in [0.15, 0.2) is 0 Å². The molecule has 0 N–H and O–H groups in total. The van der Waals surface area contributed by atoms with Crippen LogP contribution in [0.15, 0.2) is 30.3 Å². The predicted octanol–water partition coefficient (Wildman–Crippen LogP) is 4.15. The van der Waals surface area contributed by atoms with E-state index in [9.17, 15) is 4.79 Å². The molecule has 2 heteroatoms. The number of carbonyl (C=O) groups is 1. The van der Waals surface area contributed by atoms with Crippen LogP contribution in [0.25, 0.3) is 0 Å². The molecular weight excluding hydrogens is 270 g/mol. The van der Waals surface area contributed by atoms with Gasteiger partial charge in [0.05, 0.1) is 0 Å². The third-order valence-electron chi connectivity index (χ3n) is 6.21. The third-order valence-corrected chi connectivity index (χ3v) is 6.21. The number of hydrogen-bond donors (Lipinski definition) is 0. The van der Waals surface area contributed by atoms with Crippen molar-refractivity contribution in [1.82, 2.24) is 4.90 Å². The molecule has 0 amide bonds. The SMILES string of the molecule is CC(=O)C1CC2C(C(C)C)CC1N(Cc1ccccc1)C2C. The number of fused-ring (bicyclic) bond motifs is 3. The number of hydrogen-bond acceptors (Lipinski definition) is 2. The minimum atomic E-state index is 0.250. The van der Waals surface area contributed by atoms with Gasteiger partial charge in [0, 0.05) is 24.5 Å². The molecule has 2 heterocycles. The van der Waals surface area contributed by atoms with Gasteiger partial charge in [-0.25, -0.2) is 0 Å². The molecule has 5 unspecified atom stereocenters. The fraction of sp³-hybridized carbons (Fsp3) is 0.650. The number of carbonyl (C=O) groups excluding carboxylic acids is 1. The molecule has 3 fully saturated rings. The van der Waals surface area contributed by atoms with Crippen molar-refractivity contribution >= 4 is 5.78 Å². The molecular formula is C20H29NO. The fourth-order valence-electron chi connectivity index (χ4n) is 4.97. The van der Waals surface area contributed by atoms with E-state index in [2.05, 4.69) is 56.0 Å². The molecule has 2 saturated heterocycles. The molecule has 0 radical (unpaired) electrons. The first-order chi connectivity index (χ1) is 10.5. The first kappa shape index (κ1) is 15.7. The highest BCUT2D eigenvalue weighted by Gasteiger charge is 2.51. The highest BCUT2D eigenvalue weighted by atomic mass is 16.1. The summed E-state index contributed by atoms with van der Waals surface area (Å²) in [5, 5.41) is 0. The van der Waals surface area contributed by atoms with Gasteiger partial charge in [-0.2, -0.15) is 0 Å². The van der Waals surface area contributed by atoms with Crippen LogP contribution in [0.3, 0.4) is 0 Å². The minimum absolute atomic E-state index is 0.250. The zero-order chi connectivity index (χ0) is 15.9. The predicted molar refractivity (Wildman–Crippen MR) is 90.5 cm³/mol. The first-order valence-electron chi connectivity index (χ1n) is 8.79. The molecule has 5 atom stereocenters. The Labute approximate surface area is 134 Å². The number of Topliss-reactive ketones (excluding diaryl/α,β-unsaturated/α-hetero) is 1. The normalized spacial score (nSPS) is 35.0. The highest BCUT2D eigenvalue weighted by molar-refractivity contribution is 5.79. The molecule has 22 heavy (non-hydrogen) atoms. The number of nitrogens with zero attached hydrogens (tertiary/aromatic N) is 1.